The van der Waals surface area contributed by atoms with Crippen LogP contribution in [0.15, 0.2) is 136 Å². The van der Waals surface area contributed by atoms with Gasteiger partial charge in [-0.05, 0) is 72.8 Å². The van der Waals surface area contributed by atoms with Crippen molar-refractivity contribution in [2.24, 2.45) is 0 Å². The molecular formula is C64H56Cl8F4N8O36P4. The summed E-state index contributed by atoms with van der Waals surface area (Å²) < 4.78 is 242. The number of aromatic amines is 4. The zero-order valence-electron chi connectivity index (χ0n) is 66.4. The van der Waals surface area contributed by atoms with Gasteiger partial charge in [0.25, 0.3) is 45.7 Å². The Morgan fingerprint density at radius 3 is 0.944 bits per heavy atom. The van der Waals surface area contributed by atoms with E-state index in [1.807, 2.05) is 4.98 Å². The van der Waals surface area contributed by atoms with Crippen molar-refractivity contribution < 1.29 is 158 Å². The Morgan fingerprint density at radius 1 is 0.379 bits per heavy atom. The first-order chi connectivity index (χ1) is 60.3. The average molecular weight is 2000 g/mol. The number of H-pyrrole nitrogens is 4. The zero-order valence-corrected chi connectivity index (χ0v) is 70.0. The lowest BCUT2D eigenvalue weighted by atomic mass is 10.1. The number of hydrogen-bond acceptors (Lipinski definition) is 36. The second-order valence-electron chi connectivity index (χ2n) is 26.1. The average Bonchev–Trinajstić information content (AvgIpc) is 1.55. The first kappa shape index (κ1) is 86.3. The quantitative estimate of drug-likeness (QED) is 0.0391. The van der Waals surface area contributed by atoms with Crippen LogP contribution in [0, 0.1) is 0 Å². The van der Waals surface area contributed by atoms with E-state index in [1.165, 1.54) is 72.8 Å². The normalized spacial score (nSPS) is 34.6. The molecule has 4 unspecified atom stereocenters. The molecule has 20 atom stereocenters. The molecule has 8 aliphatic rings. The Kier molecular flexibility index (Phi) is 25.4. The van der Waals surface area contributed by atoms with Gasteiger partial charge in [-0.15, -0.1) is 0 Å². The van der Waals surface area contributed by atoms with Crippen LogP contribution in [0.2, 0.25) is 40.2 Å². The highest BCUT2D eigenvalue weighted by Gasteiger charge is 2.62. The van der Waals surface area contributed by atoms with Gasteiger partial charge in [-0.25, -0.2) is 55.0 Å². The van der Waals surface area contributed by atoms with Crippen molar-refractivity contribution in [3.8, 4) is 23.0 Å². The highest BCUT2D eigenvalue weighted by molar-refractivity contribution is 7.49. The van der Waals surface area contributed by atoms with Crippen molar-refractivity contribution in [2.75, 3.05) is 26.3 Å². The molecule has 4 saturated heterocycles. The molecule has 0 bridgehead atoms. The summed E-state index contributed by atoms with van der Waals surface area (Å²) in [4.78, 5) is 101. The van der Waals surface area contributed by atoms with E-state index in [0.717, 1.165) is 6.20 Å². The van der Waals surface area contributed by atoms with E-state index < -0.39 is 226 Å². The molecule has 12 heterocycles. The summed E-state index contributed by atoms with van der Waals surface area (Å²) >= 11 is 45.9. The monoisotopic (exact) mass is 2000 g/mol. The van der Waals surface area contributed by atoms with Crippen molar-refractivity contribution in [3.05, 3.63) is 243 Å². The summed E-state index contributed by atoms with van der Waals surface area (Å²) in [5, 5.41) is 81.0. The predicted molar refractivity (Wildman–Crippen MR) is 411 cm³/mol. The molecule has 8 aromatic rings. The number of alkyl halides is 4. The molecule has 8 aliphatic heterocycles. The van der Waals surface area contributed by atoms with E-state index >= 15 is 17.6 Å². The molecule has 12 N–H and O–H groups in total. The third-order valence-electron chi connectivity index (χ3n) is 17.7. The minimum absolute atomic E-state index is 0.0297. The molecule has 0 saturated carbocycles. The molecule has 0 amide bonds. The summed E-state index contributed by atoms with van der Waals surface area (Å²) in [6.45, 7) is -11.4. The molecule has 16 rings (SSSR count). The third-order valence-corrected chi connectivity index (χ3v) is 24.7. The largest absolute Gasteiger partial charge is 0.530 e. The van der Waals surface area contributed by atoms with Gasteiger partial charge < -0.3 is 77.9 Å². The number of aliphatic hydroxyl groups excluding tert-OH is 8. The van der Waals surface area contributed by atoms with E-state index in [1.54, 1.807) is 15.0 Å². The lowest BCUT2D eigenvalue weighted by Gasteiger charge is -2.28. The van der Waals surface area contributed by atoms with Crippen LogP contribution in [0.5, 0.6) is 23.0 Å². The number of fused-ring (bicyclic) bond motifs is 4. The number of ether oxygens (including phenoxy) is 4. The maximum absolute atomic E-state index is 15.8. The minimum atomic E-state index is -4.89. The van der Waals surface area contributed by atoms with Gasteiger partial charge >= 0.3 is 54.0 Å². The highest BCUT2D eigenvalue weighted by atomic mass is 35.5. The Labute approximate surface area is 732 Å². The number of hydrogen-bond donors (Lipinski definition) is 12. The van der Waals surface area contributed by atoms with Crippen molar-refractivity contribution in [3.63, 3.8) is 0 Å². The smallest absolute Gasteiger partial charge is 0.404 e. The predicted octanol–water partition coefficient (Wildman–Crippen LogP) is 5.97. The summed E-state index contributed by atoms with van der Waals surface area (Å²) in [5.41, 5.74) is -7.28. The topological polar surface area (TPSA) is 597 Å². The van der Waals surface area contributed by atoms with Crippen LogP contribution >= 0.6 is 124 Å². The number of aliphatic hydroxyl groups is 8. The molecule has 60 heteroatoms. The summed E-state index contributed by atoms with van der Waals surface area (Å²) in [7, 11) is -18.4. The lowest BCUT2D eigenvalue weighted by Crippen LogP contribution is -2.43. The number of aromatic nitrogens is 8. The SMILES string of the molecule is O=c1[nH]c(=O)n([C@@H]2O[C@](F)(COP3(=O)OCc4cc(Cl)ccc4O3)[C@@H](O)[C@H]2O)cc1Cl.[2H]C([2H])(OP1(=O)OCc2cc(Cl)ccc2O1)[C@@]1(F)O[C@@H](n2cc(Cl)c(=O)[nH]c2=O)[C@H](O)[C@@H]1O.[2H]C([2H])(OP1(=O)OCc2cc(Cl)ccc2O1)[C@@]1(F)O[C@@]([2H])(n2cc(Cl)c(=O)[nH]c2=O)[C@H](O)[C@@H]1O.[2H][C@@]1(n2cc(Cl)c(=O)[nH]c2=O)O[C@](F)(COP2(=O)OCc3cc(Cl)ccc3O2)[C@@H](O)[C@H]1O. The van der Waals surface area contributed by atoms with Crippen LogP contribution in [-0.4, -0.2) is 178 Å². The number of nitrogens with zero attached hydrogens (tertiary/aromatic N) is 4. The Hall–Kier alpha value is -7.04. The van der Waals surface area contributed by atoms with E-state index in [-0.39, 0.29) is 52.0 Å². The Balaban J connectivity index is 0.000000148. The number of phosphoric ester groups is 4. The van der Waals surface area contributed by atoms with E-state index in [0.29, 0.717) is 70.1 Å². The summed E-state index contributed by atoms with van der Waals surface area (Å²) in [5.74, 6) is -14.3. The first-order valence-electron chi connectivity index (χ1n) is 36.9. The standard InChI is InChI=1S/4C16H14Cl2FN2O9P/c4*17-8-1-2-10-7(3-8)5-27-31(26,30-10)28-6-16(19)12(23)11(22)14(29-16)21-4-9(18)13(24)20-15(21)25/h4*1-4,11-12,14,22-23H,5-6H2,(H,20,24,25)/t4*11-,12+,14-,16-,31?/m1111/s1/i6D2,14D;14D;6D2;. The molecule has 0 radical (unpaired) electrons. The van der Waals surface area contributed by atoms with Crippen LogP contribution < -0.4 is 63.1 Å². The maximum atomic E-state index is 15.8. The van der Waals surface area contributed by atoms with Crippen LogP contribution in [0.4, 0.5) is 17.6 Å². The fourth-order valence-electron chi connectivity index (χ4n) is 11.4. The number of nitrogens with one attached hydrogen (secondary N) is 4. The van der Waals surface area contributed by atoms with Crippen molar-refractivity contribution in [2.45, 2.75) is 124 Å². The fraction of sp³-hybridized carbons (Fsp3) is 0.375. The lowest BCUT2D eigenvalue weighted by molar-refractivity contribution is -0.205. The van der Waals surface area contributed by atoms with Crippen molar-refractivity contribution >= 4 is 124 Å². The number of phosphoric acid groups is 4. The molecule has 4 fully saturated rings. The minimum Gasteiger partial charge on any atom is -0.404 e. The number of halogens is 12. The van der Waals surface area contributed by atoms with Crippen LogP contribution in [0.25, 0.3) is 0 Å². The second kappa shape index (κ2) is 36.5. The highest BCUT2D eigenvalue weighted by Crippen LogP contribution is 2.60. The van der Waals surface area contributed by atoms with Crippen LogP contribution in [-0.2, 0) is 99.8 Å². The number of benzene rings is 4. The second-order valence-corrected chi connectivity index (χ2v) is 35.7. The summed E-state index contributed by atoms with van der Waals surface area (Å²) in [6, 6.07) is 17.0. The van der Waals surface area contributed by atoms with Gasteiger partial charge in [-0.1, -0.05) is 92.8 Å². The van der Waals surface area contributed by atoms with Crippen LogP contribution in [0.1, 0.15) is 55.3 Å². The van der Waals surface area contributed by atoms with Crippen molar-refractivity contribution in [1.29, 1.82) is 0 Å². The third kappa shape index (κ3) is 20.0. The Morgan fingerprint density at radius 2 is 0.621 bits per heavy atom. The first-order valence-corrected chi connectivity index (χ1v) is 42.8. The molecule has 4 aromatic heterocycles. The molecular weight excluding hydrogens is 1940 g/mol. The molecule has 44 nitrogen and oxygen atoms in total. The van der Waals surface area contributed by atoms with Crippen molar-refractivity contribution in [1.82, 2.24) is 38.2 Å². The van der Waals surface area contributed by atoms with E-state index in [9.17, 15) is 97.5 Å². The van der Waals surface area contributed by atoms with Gasteiger partial charge in [0, 0.05) is 67.1 Å². The van der Waals surface area contributed by atoms with Gasteiger partial charge in [0.1, 0.15) is 118 Å². The maximum Gasteiger partial charge on any atom is 0.530 e. The van der Waals surface area contributed by atoms with Crippen LogP contribution in [0.3, 0.4) is 0 Å². The van der Waals surface area contributed by atoms with E-state index in [2.05, 4.69) is 9.05 Å². The number of rotatable bonds is 16. The van der Waals surface area contributed by atoms with Gasteiger partial charge in [-0.2, -0.15) is 0 Å². The van der Waals surface area contributed by atoms with Gasteiger partial charge in [0.05, 0.1) is 34.7 Å². The zero-order chi connectivity index (χ0) is 95.6. The molecule has 4 aromatic carbocycles. The molecule has 0 spiro atoms. The van der Waals surface area contributed by atoms with E-state index in [4.69, 9.17) is 165 Å². The Bertz CT molecular complexity index is 6570. The fourth-order valence-corrected chi connectivity index (χ4v) is 17.5. The van der Waals surface area contributed by atoms with Gasteiger partial charge in [0.15, 0.2) is 24.9 Å². The molecule has 0 aliphatic carbocycles. The summed E-state index contributed by atoms with van der Waals surface area (Å²) in [6.07, 6.45) is -26.8. The van der Waals surface area contributed by atoms with Gasteiger partial charge in [-0.3, -0.25) is 93.6 Å². The molecule has 124 heavy (non-hydrogen) atoms. The van der Waals surface area contributed by atoms with Gasteiger partial charge in [0.2, 0.25) is 0 Å². The molecule has 672 valence electrons.